The first-order valence-corrected chi connectivity index (χ1v) is 6.01. The van der Waals surface area contributed by atoms with Crippen molar-refractivity contribution in [1.82, 2.24) is 0 Å². The molecule has 0 heterocycles. The van der Waals surface area contributed by atoms with Crippen molar-refractivity contribution in [2.24, 2.45) is 0 Å². The molecule has 0 aliphatic heterocycles. The van der Waals surface area contributed by atoms with E-state index in [0.29, 0.717) is 5.92 Å². The van der Waals surface area contributed by atoms with E-state index in [4.69, 9.17) is 9.47 Å². The molecule has 17 heavy (non-hydrogen) atoms. The Hall–Kier alpha value is -1.22. The fourth-order valence-corrected chi connectivity index (χ4v) is 2.35. The number of methoxy groups -OCH3 is 2. The highest BCUT2D eigenvalue weighted by atomic mass is 16.5. The topological polar surface area (TPSA) is 38.7 Å². The first-order valence-electron chi connectivity index (χ1n) is 6.01. The molecule has 1 aromatic carbocycles. The summed E-state index contributed by atoms with van der Waals surface area (Å²) in [5.74, 6) is 1.88. The number of aliphatic hydroxyl groups is 1. The molecule has 0 amide bonds. The second kappa shape index (κ2) is 4.22. The van der Waals surface area contributed by atoms with Gasteiger partial charge in [-0.05, 0) is 30.9 Å². The van der Waals surface area contributed by atoms with Crippen LogP contribution in [0.25, 0.3) is 0 Å². The average Bonchev–Trinajstić information content (AvgIpc) is 3.06. The Morgan fingerprint density at radius 3 is 2.06 bits per heavy atom. The molecule has 3 heteroatoms. The molecule has 94 valence electrons. The third kappa shape index (κ3) is 2.00. The van der Waals surface area contributed by atoms with E-state index in [1.165, 1.54) is 0 Å². The van der Waals surface area contributed by atoms with Crippen molar-refractivity contribution in [3.8, 4) is 11.5 Å². The van der Waals surface area contributed by atoms with Crippen LogP contribution in [0.4, 0.5) is 0 Å². The fraction of sp³-hybridized carbons (Fsp3) is 0.571. The third-order valence-electron chi connectivity index (χ3n) is 3.37. The molecule has 1 saturated carbocycles. The minimum atomic E-state index is -0.709. The molecule has 1 aliphatic carbocycles. The van der Waals surface area contributed by atoms with E-state index in [-0.39, 0.29) is 0 Å². The van der Waals surface area contributed by atoms with Gasteiger partial charge in [-0.15, -0.1) is 0 Å². The molecular weight excluding hydrogens is 216 g/mol. The van der Waals surface area contributed by atoms with Gasteiger partial charge in [-0.2, -0.15) is 0 Å². The first-order chi connectivity index (χ1) is 8.03. The smallest absolute Gasteiger partial charge is 0.125 e. The van der Waals surface area contributed by atoms with Crippen LogP contribution in [0, 0.1) is 0 Å². The van der Waals surface area contributed by atoms with Crippen LogP contribution in [0.3, 0.4) is 0 Å². The molecule has 1 aromatic rings. The second-order valence-corrected chi connectivity index (χ2v) is 4.95. The van der Waals surface area contributed by atoms with E-state index in [9.17, 15) is 5.11 Å². The average molecular weight is 236 g/mol. The zero-order chi connectivity index (χ0) is 12.6. The third-order valence-corrected chi connectivity index (χ3v) is 3.37. The maximum atomic E-state index is 10.4. The standard InChI is InChI=1S/C14H20O3/c1-9(2)12-10(16-3)5-6-11(17-4)13(12)14(15)7-8-14/h5-6,9,15H,7-8H2,1-4H3. The summed E-state index contributed by atoms with van der Waals surface area (Å²) in [4.78, 5) is 0. The normalized spacial score (nSPS) is 17.1. The van der Waals surface area contributed by atoms with Crippen LogP contribution < -0.4 is 9.47 Å². The lowest BCUT2D eigenvalue weighted by atomic mass is 9.91. The molecule has 2 rings (SSSR count). The van der Waals surface area contributed by atoms with Crippen LogP contribution in [0.1, 0.15) is 43.7 Å². The SMILES string of the molecule is COc1ccc(OC)c(C2(O)CC2)c1C(C)C. The summed E-state index contributed by atoms with van der Waals surface area (Å²) in [6, 6.07) is 3.78. The fourth-order valence-electron chi connectivity index (χ4n) is 2.35. The number of hydrogen-bond acceptors (Lipinski definition) is 3. The lowest BCUT2D eigenvalue weighted by Gasteiger charge is -2.22. The quantitative estimate of drug-likeness (QED) is 0.873. The summed E-state index contributed by atoms with van der Waals surface area (Å²) in [6.07, 6.45) is 1.60. The molecule has 0 unspecified atom stereocenters. The molecule has 3 nitrogen and oxygen atoms in total. The van der Waals surface area contributed by atoms with Gasteiger partial charge in [0.2, 0.25) is 0 Å². The van der Waals surface area contributed by atoms with Crippen LogP contribution in [0.15, 0.2) is 12.1 Å². The van der Waals surface area contributed by atoms with Gasteiger partial charge in [0, 0.05) is 11.1 Å². The Morgan fingerprint density at radius 2 is 1.65 bits per heavy atom. The maximum Gasteiger partial charge on any atom is 0.125 e. The van der Waals surface area contributed by atoms with E-state index < -0.39 is 5.60 Å². The summed E-state index contributed by atoms with van der Waals surface area (Å²) >= 11 is 0. The zero-order valence-electron chi connectivity index (χ0n) is 10.9. The Kier molecular flexibility index (Phi) is 3.04. The predicted molar refractivity (Wildman–Crippen MR) is 66.8 cm³/mol. The van der Waals surface area contributed by atoms with Crippen molar-refractivity contribution in [3.05, 3.63) is 23.3 Å². The first kappa shape index (κ1) is 12.2. The zero-order valence-corrected chi connectivity index (χ0v) is 10.9. The highest BCUT2D eigenvalue weighted by molar-refractivity contribution is 5.54. The Balaban J connectivity index is 2.65. The number of hydrogen-bond donors (Lipinski definition) is 1. The minimum Gasteiger partial charge on any atom is -0.496 e. The predicted octanol–water partition coefficient (Wildman–Crippen LogP) is 2.81. The van der Waals surface area contributed by atoms with Gasteiger partial charge in [-0.3, -0.25) is 0 Å². The Labute approximate surface area is 102 Å². The van der Waals surface area contributed by atoms with Gasteiger partial charge in [0.1, 0.15) is 11.5 Å². The molecule has 1 fully saturated rings. The number of ether oxygens (including phenoxy) is 2. The molecule has 0 bridgehead atoms. The summed E-state index contributed by atoms with van der Waals surface area (Å²) < 4.78 is 10.8. The van der Waals surface area contributed by atoms with Gasteiger partial charge in [0.15, 0.2) is 0 Å². The molecule has 0 atom stereocenters. The lowest BCUT2D eigenvalue weighted by molar-refractivity contribution is 0.145. The van der Waals surface area contributed by atoms with Crippen LogP contribution in [0.5, 0.6) is 11.5 Å². The highest BCUT2D eigenvalue weighted by Crippen LogP contribution is 2.53. The summed E-state index contributed by atoms with van der Waals surface area (Å²) in [5, 5.41) is 10.4. The maximum absolute atomic E-state index is 10.4. The van der Waals surface area contributed by atoms with Crippen LogP contribution in [-0.2, 0) is 5.60 Å². The molecule has 1 aliphatic rings. The summed E-state index contributed by atoms with van der Waals surface area (Å²) in [5.41, 5.74) is 1.26. The van der Waals surface area contributed by atoms with Gasteiger partial charge in [-0.25, -0.2) is 0 Å². The van der Waals surface area contributed by atoms with Gasteiger partial charge in [-0.1, -0.05) is 13.8 Å². The molecule has 0 saturated heterocycles. The molecule has 0 spiro atoms. The van der Waals surface area contributed by atoms with Crippen molar-refractivity contribution in [3.63, 3.8) is 0 Å². The highest BCUT2D eigenvalue weighted by Gasteiger charge is 2.46. The van der Waals surface area contributed by atoms with E-state index >= 15 is 0 Å². The second-order valence-electron chi connectivity index (χ2n) is 4.95. The molecule has 0 aromatic heterocycles. The van der Waals surface area contributed by atoms with Gasteiger partial charge < -0.3 is 14.6 Å². The molecule has 0 radical (unpaired) electrons. The van der Waals surface area contributed by atoms with Gasteiger partial charge in [0.25, 0.3) is 0 Å². The van der Waals surface area contributed by atoms with Gasteiger partial charge in [0.05, 0.1) is 19.8 Å². The van der Waals surface area contributed by atoms with Crippen molar-refractivity contribution in [2.45, 2.75) is 38.2 Å². The van der Waals surface area contributed by atoms with Crippen LogP contribution in [0.2, 0.25) is 0 Å². The molecule has 1 N–H and O–H groups in total. The monoisotopic (exact) mass is 236 g/mol. The van der Waals surface area contributed by atoms with Crippen LogP contribution >= 0.6 is 0 Å². The van der Waals surface area contributed by atoms with Crippen molar-refractivity contribution in [2.75, 3.05) is 14.2 Å². The number of rotatable bonds is 4. The summed E-state index contributed by atoms with van der Waals surface area (Å²) in [7, 11) is 3.30. The minimum absolute atomic E-state index is 0.291. The van der Waals surface area contributed by atoms with Crippen molar-refractivity contribution < 1.29 is 14.6 Å². The van der Waals surface area contributed by atoms with Crippen molar-refractivity contribution >= 4 is 0 Å². The van der Waals surface area contributed by atoms with E-state index in [2.05, 4.69) is 13.8 Å². The lowest BCUT2D eigenvalue weighted by Crippen LogP contribution is -2.13. The van der Waals surface area contributed by atoms with Crippen LogP contribution in [-0.4, -0.2) is 19.3 Å². The van der Waals surface area contributed by atoms with Crippen molar-refractivity contribution in [1.29, 1.82) is 0 Å². The largest absolute Gasteiger partial charge is 0.496 e. The van der Waals surface area contributed by atoms with E-state index in [1.54, 1.807) is 14.2 Å². The summed E-state index contributed by atoms with van der Waals surface area (Å²) in [6.45, 7) is 4.21. The Morgan fingerprint density at radius 1 is 1.12 bits per heavy atom. The Bertz CT molecular complexity index is 420. The molecular formula is C14H20O3. The number of benzene rings is 1. The van der Waals surface area contributed by atoms with Gasteiger partial charge >= 0.3 is 0 Å². The van der Waals surface area contributed by atoms with E-state index in [1.807, 2.05) is 12.1 Å². The van der Waals surface area contributed by atoms with E-state index in [0.717, 1.165) is 35.5 Å².